The third-order valence-electron chi connectivity index (χ3n) is 2.37. The van der Waals surface area contributed by atoms with Gasteiger partial charge in [-0.15, -0.1) is 11.6 Å². The van der Waals surface area contributed by atoms with Gasteiger partial charge in [-0.3, -0.25) is 0 Å². The van der Waals surface area contributed by atoms with Gasteiger partial charge in [-0.2, -0.15) is 0 Å². The minimum absolute atomic E-state index is 0.0759. The third-order valence-corrected chi connectivity index (χ3v) is 4.44. The van der Waals surface area contributed by atoms with Crippen LogP contribution in [0.1, 0.15) is 17.9 Å². The molecule has 0 aliphatic heterocycles. The van der Waals surface area contributed by atoms with E-state index >= 15 is 0 Å². The molecular weight excluding hydrogens is 312 g/mol. The Balaban J connectivity index is 2.79. The van der Waals surface area contributed by atoms with E-state index in [4.69, 9.17) is 11.6 Å². The molecule has 1 unspecified atom stereocenters. The molecule has 0 N–H and O–H groups in total. The number of rotatable bonds is 5. The monoisotopic (exact) mass is 324 g/mol. The summed E-state index contributed by atoms with van der Waals surface area (Å²) in [5.41, 5.74) is 1.07. The summed E-state index contributed by atoms with van der Waals surface area (Å²) in [5.74, 6) is 0.677. The Morgan fingerprint density at radius 1 is 1.38 bits per heavy atom. The van der Waals surface area contributed by atoms with Crippen LogP contribution in [-0.2, 0) is 9.84 Å². The Labute approximate surface area is 110 Å². The average molecular weight is 326 g/mol. The van der Waals surface area contributed by atoms with Crippen molar-refractivity contribution in [1.29, 1.82) is 0 Å². The zero-order valence-electron chi connectivity index (χ0n) is 8.99. The first-order valence-electron chi connectivity index (χ1n) is 4.92. The average Bonchev–Trinajstić information content (AvgIpc) is 2.20. The Morgan fingerprint density at radius 2 is 2.00 bits per heavy atom. The van der Waals surface area contributed by atoms with Gasteiger partial charge in [-0.1, -0.05) is 34.1 Å². The quantitative estimate of drug-likeness (QED) is 0.779. The molecule has 0 heterocycles. The van der Waals surface area contributed by atoms with Crippen LogP contribution in [0.15, 0.2) is 28.7 Å². The van der Waals surface area contributed by atoms with Crippen molar-refractivity contribution >= 4 is 37.4 Å². The maximum atomic E-state index is 11.1. The van der Waals surface area contributed by atoms with E-state index in [9.17, 15) is 8.42 Å². The topological polar surface area (TPSA) is 34.1 Å². The first kappa shape index (κ1) is 14.0. The molecule has 0 saturated heterocycles. The molecule has 2 nitrogen and oxygen atoms in total. The zero-order chi connectivity index (χ0) is 12.2. The Morgan fingerprint density at radius 3 is 2.50 bits per heavy atom. The van der Waals surface area contributed by atoms with E-state index in [0.29, 0.717) is 12.3 Å². The first-order valence-corrected chi connectivity index (χ1v) is 8.31. The predicted octanol–water partition coefficient (Wildman–Crippen LogP) is 3.21. The van der Waals surface area contributed by atoms with Crippen molar-refractivity contribution in [1.82, 2.24) is 0 Å². The molecule has 1 rings (SSSR count). The molecular formula is C11H14BrClO2S. The summed E-state index contributed by atoms with van der Waals surface area (Å²) < 4.78 is 23.2. The van der Waals surface area contributed by atoms with Crippen LogP contribution in [0.3, 0.4) is 0 Å². The van der Waals surface area contributed by atoms with E-state index in [-0.39, 0.29) is 11.7 Å². The van der Waals surface area contributed by atoms with Gasteiger partial charge in [0.25, 0.3) is 0 Å². The van der Waals surface area contributed by atoms with E-state index in [1.165, 1.54) is 6.26 Å². The van der Waals surface area contributed by atoms with E-state index in [2.05, 4.69) is 15.9 Å². The van der Waals surface area contributed by atoms with Crippen LogP contribution in [0.25, 0.3) is 0 Å². The van der Waals surface area contributed by atoms with E-state index in [0.717, 1.165) is 10.0 Å². The van der Waals surface area contributed by atoms with Crippen LogP contribution in [0, 0.1) is 0 Å². The lowest BCUT2D eigenvalue weighted by atomic mass is 9.99. The largest absolute Gasteiger partial charge is 0.229 e. The summed E-state index contributed by atoms with van der Waals surface area (Å²) in [6.07, 6.45) is 1.81. The van der Waals surface area contributed by atoms with Gasteiger partial charge in [0.1, 0.15) is 9.84 Å². The van der Waals surface area contributed by atoms with Crippen LogP contribution in [0.2, 0.25) is 0 Å². The molecule has 0 spiro atoms. The number of halogens is 2. The second-order valence-electron chi connectivity index (χ2n) is 3.79. The molecule has 0 fully saturated rings. The molecule has 0 bridgehead atoms. The summed E-state index contributed by atoms with van der Waals surface area (Å²) in [4.78, 5) is 0. The molecule has 5 heteroatoms. The van der Waals surface area contributed by atoms with Crippen LogP contribution >= 0.6 is 27.5 Å². The fourth-order valence-corrected chi connectivity index (χ4v) is 3.12. The third kappa shape index (κ3) is 4.44. The van der Waals surface area contributed by atoms with Crippen molar-refractivity contribution in [3.05, 3.63) is 34.3 Å². The molecule has 0 aliphatic carbocycles. The summed E-state index contributed by atoms with van der Waals surface area (Å²) in [5, 5.41) is 0. The maximum absolute atomic E-state index is 11.1. The Bertz CT molecular complexity index is 445. The molecule has 1 aromatic rings. The fourth-order valence-electron chi connectivity index (χ4n) is 1.48. The Kier molecular flexibility index (Phi) is 5.28. The lowest BCUT2D eigenvalue weighted by molar-refractivity contribution is 0.594. The van der Waals surface area contributed by atoms with Crippen LogP contribution in [0.5, 0.6) is 0 Å². The summed E-state index contributed by atoms with van der Waals surface area (Å²) in [7, 11) is -2.92. The summed E-state index contributed by atoms with van der Waals surface area (Å²) in [6, 6.07) is 7.77. The Hall–Kier alpha value is -0.0600. The van der Waals surface area contributed by atoms with Crippen LogP contribution in [-0.4, -0.2) is 26.3 Å². The smallest absolute Gasteiger partial charge is 0.147 e. The first-order chi connectivity index (χ1) is 7.44. The number of hydrogen-bond donors (Lipinski definition) is 0. The highest BCUT2D eigenvalue weighted by atomic mass is 79.9. The lowest BCUT2D eigenvalue weighted by Gasteiger charge is -2.15. The van der Waals surface area contributed by atoms with Gasteiger partial charge < -0.3 is 0 Å². The molecule has 16 heavy (non-hydrogen) atoms. The van der Waals surface area contributed by atoms with Crippen LogP contribution < -0.4 is 0 Å². The van der Waals surface area contributed by atoms with Crippen molar-refractivity contribution in [3.63, 3.8) is 0 Å². The summed E-state index contributed by atoms with van der Waals surface area (Å²) >= 11 is 9.34. The lowest BCUT2D eigenvalue weighted by Crippen LogP contribution is -2.10. The highest BCUT2D eigenvalue weighted by Crippen LogP contribution is 2.28. The molecule has 1 aromatic carbocycles. The van der Waals surface area contributed by atoms with E-state index in [1.54, 1.807) is 0 Å². The van der Waals surface area contributed by atoms with Crippen molar-refractivity contribution < 1.29 is 8.42 Å². The molecule has 0 aromatic heterocycles. The normalized spacial score (nSPS) is 13.7. The van der Waals surface area contributed by atoms with Gasteiger partial charge in [-0.25, -0.2) is 8.42 Å². The predicted molar refractivity (Wildman–Crippen MR) is 71.9 cm³/mol. The maximum Gasteiger partial charge on any atom is 0.147 e. The van der Waals surface area contributed by atoms with Gasteiger partial charge in [0, 0.05) is 16.6 Å². The molecule has 0 saturated carbocycles. The highest BCUT2D eigenvalue weighted by molar-refractivity contribution is 9.10. The van der Waals surface area contributed by atoms with Gasteiger partial charge in [-0.05, 0) is 24.0 Å². The second-order valence-corrected chi connectivity index (χ2v) is 7.21. The minimum atomic E-state index is -2.92. The number of sulfone groups is 1. The van der Waals surface area contributed by atoms with E-state index in [1.807, 2.05) is 24.3 Å². The van der Waals surface area contributed by atoms with E-state index < -0.39 is 9.84 Å². The second kappa shape index (κ2) is 6.03. The summed E-state index contributed by atoms with van der Waals surface area (Å²) in [6.45, 7) is 0. The molecule has 90 valence electrons. The molecule has 0 radical (unpaired) electrons. The van der Waals surface area contributed by atoms with Gasteiger partial charge in [0.05, 0.1) is 5.75 Å². The number of alkyl halides is 1. The molecule has 0 aliphatic rings. The van der Waals surface area contributed by atoms with Gasteiger partial charge >= 0.3 is 0 Å². The molecule has 0 amide bonds. The van der Waals surface area contributed by atoms with Crippen molar-refractivity contribution in [2.75, 3.05) is 17.9 Å². The van der Waals surface area contributed by atoms with Gasteiger partial charge in [0.2, 0.25) is 0 Å². The fraction of sp³-hybridized carbons (Fsp3) is 0.455. The van der Waals surface area contributed by atoms with Crippen molar-refractivity contribution in [2.45, 2.75) is 12.3 Å². The SMILES string of the molecule is CS(=O)(=O)CCC(CCl)c1ccccc1Br. The zero-order valence-corrected chi connectivity index (χ0v) is 12.1. The van der Waals surface area contributed by atoms with Crippen LogP contribution in [0.4, 0.5) is 0 Å². The van der Waals surface area contributed by atoms with Crippen molar-refractivity contribution in [3.8, 4) is 0 Å². The standard InChI is InChI=1S/C11H14BrClO2S/c1-16(14,15)7-6-9(8-13)10-4-2-3-5-11(10)12/h2-5,9H,6-8H2,1H3. The minimum Gasteiger partial charge on any atom is -0.229 e. The number of benzene rings is 1. The number of hydrogen-bond acceptors (Lipinski definition) is 2. The van der Waals surface area contributed by atoms with Gasteiger partial charge in [0.15, 0.2) is 0 Å². The van der Waals surface area contributed by atoms with Crippen molar-refractivity contribution in [2.24, 2.45) is 0 Å². The molecule has 1 atom stereocenters. The highest BCUT2D eigenvalue weighted by Gasteiger charge is 2.15.